The fourth-order valence-corrected chi connectivity index (χ4v) is 2.87. The Morgan fingerprint density at radius 1 is 1.41 bits per heavy atom. The molecule has 1 fully saturated rings. The Kier molecular flexibility index (Phi) is 5.80. The molecule has 0 unspecified atom stereocenters. The molecule has 2 rings (SSSR count). The Labute approximate surface area is 131 Å². The second kappa shape index (κ2) is 7.61. The number of hydrogen-bond acceptors (Lipinski definition) is 4. The molecule has 0 bridgehead atoms. The van der Waals surface area contributed by atoms with Crippen LogP contribution in [-0.2, 0) is 16.1 Å². The van der Waals surface area contributed by atoms with E-state index in [2.05, 4.69) is 0 Å². The van der Waals surface area contributed by atoms with Gasteiger partial charge in [-0.2, -0.15) is 0 Å². The number of nitrogens with zero attached hydrogens (tertiary/aromatic N) is 1. The lowest BCUT2D eigenvalue weighted by molar-refractivity contribution is -0.0776. The molecular weight excluding hydrogens is 282 g/mol. The van der Waals surface area contributed by atoms with Crippen LogP contribution in [0.3, 0.4) is 0 Å². The number of carbonyl (C=O) groups is 1. The summed E-state index contributed by atoms with van der Waals surface area (Å²) < 4.78 is 10.4. The molecule has 1 amide bonds. The first-order chi connectivity index (χ1) is 10.5. The average molecular weight is 307 g/mol. The van der Waals surface area contributed by atoms with E-state index < -0.39 is 5.60 Å². The molecule has 1 aliphatic rings. The van der Waals surface area contributed by atoms with E-state index in [0.717, 1.165) is 18.4 Å². The number of benzene rings is 1. The quantitative estimate of drug-likeness (QED) is 0.907. The summed E-state index contributed by atoms with van der Waals surface area (Å²) in [7, 11) is 1.57. The van der Waals surface area contributed by atoms with E-state index in [4.69, 9.17) is 9.47 Å². The van der Waals surface area contributed by atoms with E-state index in [1.54, 1.807) is 18.9 Å². The second-order valence-corrected chi connectivity index (χ2v) is 6.12. The van der Waals surface area contributed by atoms with Crippen molar-refractivity contribution in [3.63, 3.8) is 0 Å². The number of ether oxygens (including phenoxy) is 2. The number of aliphatic hydroxyl groups is 1. The molecule has 0 aliphatic carbocycles. The molecule has 2 atom stereocenters. The number of carbonyl (C=O) groups excluding carboxylic acids is 1. The van der Waals surface area contributed by atoms with Crippen molar-refractivity contribution in [2.45, 2.75) is 32.0 Å². The van der Waals surface area contributed by atoms with E-state index in [-0.39, 0.29) is 25.2 Å². The minimum Gasteiger partial charge on any atom is -0.445 e. The number of piperidine rings is 1. The number of amides is 1. The summed E-state index contributed by atoms with van der Waals surface area (Å²) in [5.41, 5.74) is 0.0448. The topological polar surface area (TPSA) is 59.0 Å². The van der Waals surface area contributed by atoms with Crippen molar-refractivity contribution in [2.75, 3.05) is 26.8 Å². The minimum atomic E-state index is -0.923. The van der Waals surface area contributed by atoms with Crippen molar-refractivity contribution in [3.05, 3.63) is 35.9 Å². The van der Waals surface area contributed by atoms with Crippen LogP contribution in [0.1, 0.15) is 25.3 Å². The SMILES string of the molecule is COC[C@@](C)(O)[C@H]1CCCN(C(=O)OCc2ccccc2)C1. The first-order valence-electron chi connectivity index (χ1n) is 7.70. The van der Waals surface area contributed by atoms with Crippen molar-refractivity contribution in [1.29, 1.82) is 0 Å². The van der Waals surface area contributed by atoms with Gasteiger partial charge in [0.25, 0.3) is 0 Å². The zero-order valence-electron chi connectivity index (χ0n) is 13.3. The van der Waals surface area contributed by atoms with Gasteiger partial charge in [0.2, 0.25) is 0 Å². The Morgan fingerprint density at radius 2 is 2.14 bits per heavy atom. The highest BCUT2D eigenvalue weighted by Gasteiger charge is 2.36. The van der Waals surface area contributed by atoms with E-state index in [9.17, 15) is 9.90 Å². The maximum absolute atomic E-state index is 12.2. The van der Waals surface area contributed by atoms with Gasteiger partial charge in [-0.15, -0.1) is 0 Å². The fourth-order valence-electron chi connectivity index (χ4n) is 2.87. The summed E-state index contributed by atoms with van der Waals surface area (Å²) in [6.45, 7) is 3.48. The van der Waals surface area contributed by atoms with Crippen molar-refractivity contribution in [3.8, 4) is 0 Å². The van der Waals surface area contributed by atoms with Crippen LogP contribution >= 0.6 is 0 Å². The van der Waals surface area contributed by atoms with Crippen LogP contribution in [0.15, 0.2) is 30.3 Å². The standard InChI is InChI=1S/C17H25NO4/c1-17(20,13-21-2)15-9-6-10-18(11-15)16(19)22-12-14-7-4-3-5-8-14/h3-5,7-8,15,20H,6,9-13H2,1-2H3/t15-,17+/m0/s1. The lowest BCUT2D eigenvalue weighted by Gasteiger charge is -2.39. The molecule has 0 aromatic heterocycles. The third kappa shape index (κ3) is 4.45. The van der Waals surface area contributed by atoms with Crippen molar-refractivity contribution >= 4 is 6.09 Å². The Balaban J connectivity index is 1.87. The molecule has 122 valence electrons. The second-order valence-electron chi connectivity index (χ2n) is 6.12. The van der Waals surface area contributed by atoms with Gasteiger partial charge in [0.05, 0.1) is 12.2 Å². The highest BCUT2D eigenvalue weighted by Crippen LogP contribution is 2.28. The van der Waals surface area contributed by atoms with Gasteiger partial charge >= 0.3 is 6.09 Å². The van der Waals surface area contributed by atoms with Gasteiger partial charge in [0, 0.05) is 26.1 Å². The van der Waals surface area contributed by atoms with Gasteiger partial charge in [0.1, 0.15) is 6.61 Å². The van der Waals surface area contributed by atoms with E-state index >= 15 is 0 Å². The smallest absolute Gasteiger partial charge is 0.410 e. The molecule has 5 heteroatoms. The molecule has 22 heavy (non-hydrogen) atoms. The predicted octanol–water partition coefficient (Wildman–Crippen LogP) is 2.43. The molecule has 1 N–H and O–H groups in total. The molecule has 5 nitrogen and oxygen atoms in total. The van der Waals surface area contributed by atoms with Gasteiger partial charge in [-0.25, -0.2) is 4.79 Å². The maximum atomic E-state index is 12.2. The molecule has 1 heterocycles. The molecule has 0 radical (unpaired) electrons. The highest BCUT2D eigenvalue weighted by molar-refractivity contribution is 5.67. The normalized spacial score (nSPS) is 21.2. The van der Waals surface area contributed by atoms with Gasteiger partial charge in [-0.05, 0) is 25.3 Å². The van der Waals surface area contributed by atoms with Crippen LogP contribution in [0.4, 0.5) is 4.79 Å². The molecule has 0 spiro atoms. The van der Waals surface area contributed by atoms with Crippen molar-refractivity contribution in [1.82, 2.24) is 4.90 Å². The summed E-state index contributed by atoms with van der Waals surface area (Å²) in [5, 5.41) is 10.4. The minimum absolute atomic E-state index is 0.00507. The largest absolute Gasteiger partial charge is 0.445 e. The van der Waals surface area contributed by atoms with Crippen LogP contribution in [0, 0.1) is 5.92 Å². The van der Waals surface area contributed by atoms with Crippen LogP contribution < -0.4 is 0 Å². The predicted molar refractivity (Wildman–Crippen MR) is 83.4 cm³/mol. The zero-order chi connectivity index (χ0) is 16.0. The summed E-state index contributed by atoms with van der Waals surface area (Å²) in [6.07, 6.45) is 1.44. The summed E-state index contributed by atoms with van der Waals surface area (Å²) in [5.74, 6) is 0.00507. The van der Waals surface area contributed by atoms with Crippen LogP contribution in [0.2, 0.25) is 0 Å². The van der Waals surface area contributed by atoms with Gasteiger partial charge < -0.3 is 19.5 Å². The van der Waals surface area contributed by atoms with Crippen LogP contribution in [0.25, 0.3) is 0 Å². The lowest BCUT2D eigenvalue weighted by atomic mass is 9.83. The molecule has 1 aromatic carbocycles. The van der Waals surface area contributed by atoms with Gasteiger partial charge in [-0.1, -0.05) is 30.3 Å². The van der Waals surface area contributed by atoms with Gasteiger partial charge in [-0.3, -0.25) is 0 Å². The van der Waals surface area contributed by atoms with E-state index in [0.29, 0.717) is 13.1 Å². The molecule has 0 saturated carbocycles. The number of methoxy groups -OCH3 is 1. The van der Waals surface area contributed by atoms with Crippen LogP contribution in [-0.4, -0.2) is 48.5 Å². The first kappa shape index (κ1) is 16.8. The maximum Gasteiger partial charge on any atom is 0.410 e. The van der Waals surface area contributed by atoms with Crippen LogP contribution in [0.5, 0.6) is 0 Å². The zero-order valence-corrected chi connectivity index (χ0v) is 13.3. The molecule has 1 aromatic rings. The average Bonchev–Trinajstić information content (AvgIpc) is 2.53. The molecule has 1 saturated heterocycles. The lowest BCUT2D eigenvalue weighted by Crippen LogP contribution is -2.50. The van der Waals surface area contributed by atoms with E-state index in [1.807, 2.05) is 30.3 Å². The third-order valence-electron chi connectivity index (χ3n) is 4.20. The van der Waals surface area contributed by atoms with Crippen molar-refractivity contribution < 1.29 is 19.4 Å². The van der Waals surface area contributed by atoms with E-state index in [1.165, 1.54) is 0 Å². The molecular formula is C17H25NO4. The Morgan fingerprint density at radius 3 is 2.82 bits per heavy atom. The van der Waals surface area contributed by atoms with Crippen molar-refractivity contribution in [2.24, 2.45) is 5.92 Å². The number of likely N-dealkylation sites (tertiary alicyclic amines) is 1. The monoisotopic (exact) mass is 307 g/mol. The third-order valence-corrected chi connectivity index (χ3v) is 4.20. The highest BCUT2D eigenvalue weighted by atomic mass is 16.6. The summed E-state index contributed by atoms with van der Waals surface area (Å²) in [6, 6.07) is 9.62. The Hall–Kier alpha value is -1.59. The number of rotatable bonds is 5. The first-order valence-corrected chi connectivity index (χ1v) is 7.70. The molecule has 1 aliphatic heterocycles. The summed E-state index contributed by atoms with van der Waals surface area (Å²) >= 11 is 0. The number of hydrogen-bond donors (Lipinski definition) is 1. The summed E-state index contributed by atoms with van der Waals surface area (Å²) in [4.78, 5) is 13.9. The fraction of sp³-hybridized carbons (Fsp3) is 0.588. The Bertz CT molecular complexity index is 475. The van der Waals surface area contributed by atoms with Gasteiger partial charge in [0.15, 0.2) is 0 Å².